The maximum absolute atomic E-state index is 11.8. The number of amides is 1. The molecule has 1 atom stereocenters. The maximum Gasteiger partial charge on any atom is 0.224 e. The van der Waals surface area contributed by atoms with Gasteiger partial charge in [-0.25, -0.2) is 8.42 Å². The van der Waals surface area contributed by atoms with Crippen molar-refractivity contribution in [1.82, 2.24) is 10.6 Å². The molecule has 1 amide bonds. The number of carbonyl (C=O) groups excluding carboxylic acids is 1. The summed E-state index contributed by atoms with van der Waals surface area (Å²) in [6.45, 7) is 2.35. The van der Waals surface area contributed by atoms with Crippen LogP contribution in [0.25, 0.3) is 0 Å². The lowest BCUT2D eigenvalue weighted by Gasteiger charge is -2.15. The fraction of sp³-hybridized carbons (Fsp3) is 0.727. The van der Waals surface area contributed by atoms with E-state index in [1.807, 2.05) is 0 Å². The molecular formula is C11H18N2O3S. The summed E-state index contributed by atoms with van der Waals surface area (Å²) in [5.41, 5.74) is 1.22. The molecule has 5 nitrogen and oxygen atoms in total. The Kier molecular flexibility index (Phi) is 3.83. The molecule has 0 aromatic carbocycles. The van der Waals surface area contributed by atoms with Crippen LogP contribution in [0.2, 0.25) is 0 Å². The van der Waals surface area contributed by atoms with Crippen LogP contribution in [0, 0.1) is 5.92 Å². The van der Waals surface area contributed by atoms with Gasteiger partial charge in [-0.1, -0.05) is 11.6 Å². The molecular weight excluding hydrogens is 240 g/mol. The summed E-state index contributed by atoms with van der Waals surface area (Å²) < 4.78 is 22.5. The summed E-state index contributed by atoms with van der Waals surface area (Å²) in [5, 5.41) is 6.03. The Labute approximate surface area is 102 Å². The first-order valence-electron chi connectivity index (χ1n) is 5.93. The van der Waals surface area contributed by atoms with Gasteiger partial charge in [-0.05, 0) is 19.4 Å². The molecule has 2 aliphatic rings. The highest BCUT2D eigenvalue weighted by Crippen LogP contribution is 2.18. The van der Waals surface area contributed by atoms with E-state index in [1.54, 1.807) is 0 Å². The molecule has 0 aromatic rings. The number of hydrogen-bond acceptors (Lipinski definition) is 4. The number of carbonyl (C=O) groups is 1. The summed E-state index contributed by atoms with van der Waals surface area (Å²) in [7, 11) is -2.97. The second-order valence-electron chi connectivity index (χ2n) is 4.63. The van der Waals surface area contributed by atoms with E-state index in [-0.39, 0.29) is 23.3 Å². The predicted octanol–water partition coefficient (Wildman–Crippen LogP) is -0.543. The number of hydrogen-bond donors (Lipinski definition) is 2. The molecule has 0 saturated carbocycles. The van der Waals surface area contributed by atoms with Crippen molar-refractivity contribution < 1.29 is 13.2 Å². The van der Waals surface area contributed by atoms with Crippen molar-refractivity contribution in [3.05, 3.63) is 11.6 Å². The van der Waals surface area contributed by atoms with Gasteiger partial charge in [0, 0.05) is 13.1 Å². The Morgan fingerprint density at radius 1 is 1.53 bits per heavy atom. The Bertz CT molecular complexity index is 428. The van der Waals surface area contributed by atoms with Gasteiger partial charge in [-0.15, -0.1) is 0 Å². The van der Waals surface area contributed by atoms with Crippen molar-refractivity contribution in [2.45, 2.75) is 12.8 Å². The Morgan fingerprint density at radius 3 is 2.94 bits per heavy atom. The summed E-state index contributed by atoms with van der Waals surface area (Å²) in [6, 6.07) is 0. The number of rotatable bonds is 3. The molecule has 0 bridgehead atoms. The number of nitrogens with one attached hydrogen (secondary N) is 2. The van der Waals surface area contributed by atoms with Gasteiger partial charge in [0.1, 0.15) is 0 Å². The third-order valence-corrected chi connectivity index (χ3v) is 5.02. The van der Waals surface area contributed by atoms with E-state index in [0.29, 0.717) is 13.0 Å². The van der Waals surface area contributed by atoms with E-state index >= 15 is 0 Å². The van der Waals surface area contributed by atoms with Gasteiger partial charge in [-0.3, -0.25) is 4.79 Å². The topological polar surface area (TPSA) is 75.3 Å². The molecule has 2 heterocycles. The smallest absolute Gasteiger partial charge is 0.224 e. The first-order chi connectivity index (χ1) is 8.07. The molecule has 17 heavy (non-hydrogen) atoms. The van der Waals surface area contributed by atoms with Crippen LogP contribution >= 0.6 is 0 Å². The summed E-state index contributed by atoms with van der Waals surface area (Å²) in [4.78, 5) is 11.8. The van der Waals surface area contributed by atoms with Crippen LogP contribution in [0.1, 0.15) is 12.8 Å². The Balaban J connectivity index is 1.80. The normalized spacial score (nSPS) is 27.5. The van der Waals surface area contributed by atoms with Crippen LogP contribution in [0.3, 0.4) is 0 Å². The SMILES string of the molecule is O=C(NCC1=CCNCC1)C1CCS(=O)(=O)C1. The Morgan fingerprint density at radius 2 is 2.35 bits per heavy atom. The monoisotopic (exact) mass is 258 g/mol. The molecule has 0 radical (unpaired) electrons. The molecule has 2 N–H and O–H groups in total. The molecule has 0 spiro atoms. The van der Waals surface area contributed by atoms with Crippen molar-refractivity contribution >= 4 is 15.7 Å². The van der Waals surface area contributed by atoms with Crippen LogP contribution in [-0.2, 0) is 14.6 Å². The molecule has 1 saturated heterocycles. The zero-order valence-corrected chi connectivity index (χ0v) is 10.6. The minimum Gasteiger partial charge on any atom is -0.352 e. The second-order valence-corrected chi connectivity index (χ2v) is 6.86. The van der Waals surface area contributed by atoms with Crippen LogP contribution in [0.4, 0.5) is 0 Å². The van der Waals surface area contributed by atoms with Crippen LogP contribution in [0.15, 0.2) is 11.6 Å². The van der Waals surface area contributed by atoms with Gasteiger partial charge in [0.05, 0.1) is 17.4 Å². The third kappa shape index (κ3) is 3.54. The first-order valence-corrected chi connectivity index (χ1v) is 7.76. The summed E-state index contributed by atoms with van der Waals surface area (Å²) in [6.07, 6.45) is 3.49. The highest BCUT2D eigenvalue weighted by molar-refractivity contribution is 7.91. The molecule has 0 aliphatic carbocycles. The molecule has 1 fully saturated rings. The van der Waals surface area contributed by atoms with Crippen molar-refractivity contribution in [3.8, 4) is 0 Å². The van der Waals surface area contributed by atoms with Crippen molar-refractivity contribution in [3.63, 3.8) is 0 Å². The molecule has 6 heteroatoms. The van der Waals surface area contributed by atoms with Crippen molar-refractivity contribution in [2.75, 3.05) is 31.1 Å². The van der Waals surface area contributed by atoms with Gasteiger partial charge >= 0.3 is 0 Å². The fourth-order valence-electron chi connectivity index (χ4n) is 2.18. The average Bonchev–Trinajstić information content (AvgIpc) is 2.68. The van der Waals surface area contributed by atoms with E-state index in [9.17, 15) is 13.2 Å². The first kappa shape index (κ1) is 12.6. The van der Waals surface area contributed by atoms with Gasteiger partial charge in [0.2, 0.25) is 5.91 Å². The van der Waals surface area contributed by atoms with Gasteiger partial charge in [0.25, 0.3) is 0 Å². The quantitative estimate of drug-likeness (QED) is 0.667. The lowest BCUT2D eigenvalue weighted by Crippen LogP contribution is -2.34. The fourth-order valence-corrected chi connectivity index (χ4v) is 3.92. The second kappa shape index (κ2) is 5.18. The zero-order chi connectivity index (χ0) is 12.3. The lowest BCUT2D eigenvalue weighted by molar-refractivity contribution is -0.124. The van der Waals surface area contributed by atoms with E-state index in [1.165, 1.54) is 5.57 Å². The van der Waals surface area contributed by atoms with Crippen molar-refractivity contribution in [2.24, 2.45) is 5.92 Å². The maximum atomic E-state index is 11.8. The minimum atomic E-state index is -2.97. The average molecular weight is 258 g/mol. The largest absolute Gasteiger partial charge is 0.352 e. The zero-order valence-electron chi connectivity index (χ0n) is 9.74. The van der Waals surface area contributed by atoms with E-state index in [0.717, 1.165) is 19.5 Å². The molecule has 1 unspecified atom stereocenters. The number of sulfone groups is 1. The van der Waals surface area contributed by atoms with E-state index < -0.39 is 9.84 Å². The van der Waals surface area contributed by atoms with Crippen molar-refractivity contribution in [1.29, 1.82) is 0 Å². The van der Waals surface area contributed by atoms with Gasteiger partial charge < -0.3 is 10.6 Å². The van der Waals surface area contributed by atoms with Gasteiger partial charge in [-0.2, -0.15) is 0 Å². The highest BCUT2D eigenvalue weighted by atomic mass is 32.2. The lowest BCUT2D eigenvalue weighted by atomic mass is 10.1. The van der Waals surface area contributed by atoms with Crippen LogP contribution in [-0.4, -0.2) is 45.5 Å². The van der Waals surface area contributed by atoms with Crippen LogP contribution in [0.5, 0.6) is 0 Å². The standard InChI is InChI=1S/C11H18N2O3S/c14-11(10-3-6-17(15,16)8-10)13-7-9-1-4-12-5-2-9/h1,10,12H,2-8H2,(H,13,14). The third-order valence-electron chi connectivity index (χ3n) is 3.25. The predicted molar refractivity (Wildman–Crippen MR) is 65.3 cm³/mol. The van der Waals surface area contributed by atoms with Crippen LogP contribution < -0.4 is 10.6 Å². The van der Waals surface area contributed by atoms with E-state index in [4.69, 9.17) is 0 Å². The van der Waals surface area contributed by atoms with Gasteiger partial charge in [0.15, 0.2) is 9.84 Å². The Hall–Kier alpha value is -0.880. The minimum absolute atomic E-state index is 0.0133. The highest BCUT2D eigenvalue weighted by Gasteiger charge is 2.32. The summed E-state index contributed by atoms with van der Waals surface area (Å²) in [5.74, 6) is -0.301. The summed E-state index contributed by atoms with van der Waals surface area (Å²) >= 11 is 0. The van der Waals surface area contributed by atoms with E-state index in [2.05, 4.69) is 16.7 Å². The molecule has 0 aromatic heterocycles. The molecule has 2 rings (SSSR count). The molecule has 2 aliphatic heterocycles. The molecule has 96 valence electrons.